The van der Waals surface area contributed by atoms with Crippen molar-refractivity contribution in [2.75, 3.05) is 0 Å². The molecule has 3 heteroatoms. The Kier molecular flexibility index (Phi) is 2.63. The van der Waals surface area contributed by atoms with Crippen LogP contribution >= 0.6 is 11.6 Å². The summed E-state index contributed by atoms with van der Waals surface area (Å²) in [7, 11) is 0. The molecule has 1 aliphatic rings. The zero-order valence-corrected chi connectivity index (χ0v) is 14.4. The highest BCUT2D eigenvalue weighted by molar-refractivity contribution is 6.31. The van der Waals surface area contributed by atoms with Gasteiger partial charge in [0.25, 0.3) is 0 Å². The quantitative estimate of drug-likeness (QED) is 0.407. The first-order chi connectivity index (χ1) is 11.5. The molecule has 0 fully saturated rings. The average molecular weight is 337 g/mol. The van der Waals surface area contributed by atoms with Crippen molar-refractivity contribution < 1.29 is 9.52 Å². The van der Waals surface area contributed by atoms with Gasteiger partial charge >= 0.3 is 0 Å². The molecule has 0 saturated heterocycles. The zero-order valence-electron chi connectivity index (χ0n) is 13.6. The third-order valence-corrected chi connectivity index (χ3v) is 5.70. The Labute approximate surface area is 144 Å². The van der Waals surface area contributed by atoms with Crippen LogP contribution in [-0.4, -0.2) is 5.11 Å². The molecule has 0 saturated carbocycles. The molecule has 1 N–H and O–H groups in total. The fourth-order valence-electron chi connectivity index (χ4n) is 4.22. The second-order valence-corrected chi connectivity index (χ2v) is 7.85. The van der Waals surface area contributed by atoms with Crippen molar-refractivity contribution in [2.24, 2.45) is 0 Å². The maximum atomic E-state index is 10.3. The lowest BCUT2D eigenvalue weighted by atomic mass is 9.71. The second-order valence-electron chi connectivity index (χ2n) is 7.42. The lowest BCUT2D eigenvalue weighted by Gasteiger charge is -2.32. The summed E-state index contributed by atoms with van der Waals surface area (Å²) >= 11 is 6.14. The number of rotatable bonds is 0. The molecule has 24 heavy (non-hydrogen) atoms. The minimum Gasteiger partial charge on any atom is -0.508 e. The molecule has 5 rings (SSSR count). The lowest BCUT2D eigenvalue weighted by molar-refractivity contribution is 0.442. The molecule has 1 aromatic heterocycles. The summed E-state index contributed by atoms with van der Waals surface area (Å²) in [6.45, 7) is 4.52. The molecular weight excluding hydrogens is 320 g/mol. The molecule has 0 amide bonds. The number of furan rings is 1. The van der Waals surface area contributed by atoms with Crippen LogP contribution in [0.25, 0.3) is 32.7 Å². The van der Waals surface area contributed by atoms with E-state index in [2.05, 4.69) is 19.9 Å². The van der Waals surface area contributed by atoms with E-state index in [0.717, 1.165) is 51.1 Å². The highest BCUT2D eigenvalue weighted by Gasteiger charge is 2.33. The van der Waals surface area contributed by atoms with Crippen LogP contribution in [0, 0.1) is 0 Å². The minimum atomic E-state index is -0.00375. The van der Waals surface area contributed by atoms with Crippen LogP contribution in [0.2, 0.25) is 5.02 Å². The van der Waals surface area contributed by atoms with Gasteiger partial charge < -0.3 is 9.52 Å². The van der Waals surface area contributed by atoms with E-state index >= 15 is 0 Å². The Morgan fingerprint density at radius 1 is 1.08 bits per heavy atom. The fourth-order valence-corrected chi connectivity index (χ4v) is 4.38. The number of phenolic OH excluding ortho intramolecular Hbond substituents is 1. The van der Waals surface area contributed by atoms with Gasteiger partial charge in [-0.05, 0) is 53.3 Å². The Morgan fingerprint density at radius 3 is 2.75 bits per heavy atom. The minimum absolute atomic E-state index is 0.00375. The van der Waals surface area contributed by atoms with Crippen molar-refractivity contribution in [3.63, 3.8) is 0 Å². The Balaban J connectivity index is 2.09. The van der Waals surface area contributed by atoms with Gasteiger partial charge in [-0.3, -0.25) is 0 Å². The van der Waals surface area contributed by atoms with E-state index < -0.39 is 0 Å². The smallest absolute Gasteiger partial charge is 0.139 e. The molecule has 0 unspecified atom stereocenters. The van der Waals surface area contributed by atoms with Crippen molar-refractivity contribution in [2.45, 2.75) is 32.1 Å². The van der Waals surface area contributed by atoms with Gasteiger partial charge in [-0.2, -0.15) is 0 Å². The van der Waals surface area contributed by atoms with Crippen molar-refractivity contribution in [1.29, 1.82) is 0 Å². The number of fused-ring (bicyclic) bond motifs is 4. The van der Waals surface area contributed by atoms with Gasteiger partial charge in [-0.25, -0.2) is 0 Å². The number of hydrogen-bond acceptors (Lipinski definition) is 2. The SMILES string of the molecule is CC1(C)CCc2c(O)ccc3cc4c(oc5cc(Cl)ccc54)c1c23. The number of hydrogen-bond donors (Lipinski definition) is 1. The van der Waals surface area contributed by atoms with Gasteiger partial charge in [-0.1, -0.05) is 31.5 Å². The summed E-state index contributed by atoms with van der Waals surface area (Å²) in [5.74, 6) is 0.387. The largest absolute Gasteiger partial charge is 0.508 e. The first-order valence-corrected chi connectivity index (χ1v) is 8.63. The maximum absolute atomic E-state index is 10.3. The molecule has 120 valence electrons. The molecule has 1 aliphatic carbocycles. The summed E-state index contributed by atoms with van der Waals surface area (Å²) in [6, 6.07) is 11.8. The van der Waals surface area contributed by atoms with Crippen LogP contribution in [-0.2, 0) is 11.8 Å². The Morgan fingerprint density at radius 2 is 1.92 bits per heavy atom. The lowest BCUT2D eigenvalue weighted by Crippen LogP contribution is -2.23. The number of phenols is 1. The molecule has 1 heterocycles. The summed E-state index contributed by atoms with van der Waals surface area (Å²) < 4.78 is 6.26. The Hall–Kier alpha value is -2.19. The molecule has 0 spiro atoms. The Bertz CT molecular complexity index is 1150. The monoisotopic (exact) mass is 336 g/mol. The van der Waals surface area contributed by atoms with Crippen LogP contribution in [0.1, 0.15) is 31.4 Å². The van der Waals surface area contributed by atoms with E-state index in [1.807, 2.05) is 30.3 Å². The standard InChI is InChI=1S/C21H17ClO2/c1-21(2)8-7-14-16(23)6-3-11-9-15-13-5-4-12(22)10-17(13)24-20(15)19(21)18(11)14/h3-6,9-10,23H,7-8H2,1-2H3. The molecule has 0 bridgehead atoms. The predicted octanol–water partition coefficient (Wildman–Crippen LogP) is 6.32. The fraction of sp³-hybridized carbons (Fsp3) is 0.238. The molecule has 0 atom stereocenters. The molecule has 2 nitrogen and oxygen atoms in total. The highest BCUT2D eigenvalue weighted by atomic mass is 35.5. The van der Waals surface area contributed by atoms with Gasteiger partial charge in [0.15, 0.2) is 0 Å². The second kappa shape index (κ2) is 4.46. The maximum Gasteiger partial charge on any atom is 0.139 e. The number of aromatic hydroxyl groups is 1. The number of benzene rings is 3. The van der Waals surface area contributed by atoms with Crippen molar-refractivity contribution in [3.05, 3.63) is 52.5 Å². The van der Waals surface area contributed by atoms with E-state index in [4.69, 9.17) is 16.0 Å². The van der Waals surface area contributed by atoms with E-state index in [9.17, 15) is 5.11 Å². The van der Waals surface area contributed by atoms with Gasteiger partial charge in [0.1, 0.15) is 16.9 Å². The summed E-state index contributed by atoms with van der Waals surface area (Å²) in [4.78, 5) is 0. The van der Waals surface area contributed by atoms with Gasteiger partial charge in [0.2, 0.25) is 0 Å². The summed E-state index contributed by atoms with van der Waals surface area (Å²) in [5.41, 5.74) is 3.99. The van der Waals surface area contributed by atoms with Gasteiger partial charge in [0.05, 0.1) is 0 Å². The van der Waals surface area contributed by atoms with E-state index in [1.54, 1.807) is 0 Å². The van der Waals surface area contributed by atoms with E-state index in [1.165, 1.54) is 5.56 Å². The van der Waals surface area contributed by atoms with Crippen LogP contribution < -0.4 is 0 Å². The van der Waals surface area contributed by atoms with Crippen LogP contribution in [0.15, 0.2) is 40.8 Å². The van der Waals surface area contributed by atoms with Gasteiger partial charge in [-0.15, -0.1) is 0 Å². The molecular formula is C21H17ClO2. The third-order valence-electron chi connectivity index (χ3n) is 5.46. The average Bonchev–Trinajstić information content (AvgIpc) is 2.88. The molecule has 0 radical (unpaired) electrons. The normalized spacial score (nSPS) is 16.3. The van der Waals surface area contributed by atoms with Crippen molar-refractivity contribution in [1.82, 2.24) is 0 Å². The van der Waals surface area contributed by atoms with Crippen LogP contribution in [0.4, 0.5) is 0 Å². The topological polar surface area (TPSA) is 33.4 Å². The molecule has 0 aliphatic heterocycles. The van der Waals surface area contributed by atoms with Crippen molar-refractivity contribution >= 4 is 44.3 Å². The van der Waals surface area contributed by atoms with Gasteiger partial charge in [0, 0.05) is 33.0 Å². The van der Waals surface area contributed by atoms with Crippen LogP contribution in [0.5, 0.6) is 5.75 Å². The summed E-state index contributed by atoms with van der Waals surface area (Å²) in [5, 5.41) is 15.5. The third kappa shape index (κ3) is 1.72. The first-order valence-electron chi connectivity index (χ1n) is 8.25. The molecule has 4 aromatic rings. The van der Waals surface area contributed by atoms with Crippen molar-refractivity contribution in [3.8, 4) is 5.75 Å². The predicted molar refractivity (Wildman–Crippen MR) is 99.2 cm³/mol. The van der Waals surface area contributed by atoms with Crippen LogP contribution in [0.3, 0.4) is 0 Å². The highest BCUT2D eigenvalue weighted by Crippen LogP contribution is 2.48. The van der Waals surface area contributed by atoms with E-state index in [-0.39, 0.29) is 5.41 Å². The first kappa shape index (κ1) is 14.2. The van der Waals surface area contributed by atoms with E-state index in [0.29, 0.717) is 10.8 Å². The summed E-state index contributed by atoms with van der Waals surface area (Å²) in [6.07, 6.45) is 1.88. The zero-order chi connectivity index (χ0) is 16.6. The molecule has 3 aromatic carbocycles. The number of aryl methyl sites for hydroxylation is 1. The number of halogens is 1.